The van der Waals surface area contributed by atoms with Crippen LogP contribution in [0.5, 0.6) is 5.88 Å². The van der Waals surface area contributed by atoms with Crippen molar-refractivity contribution in [1.82, 2.24) is 29.5 Å². The first-order valence-corrected chi connectivity index (χ1v) is 10.1. The van der Waals surface area contributed by atoms with E-state index in [1.165, 1.54) is 11.6 Å². The van der Waals surface area contributed by atoms with Crippen molar-refractivity contribution in [3.05, 3.63) is 53.9 Å². The molecular weight excluding hydrogens is 394 g/mol. The number of benzene rings is 1. The number of methoxy groups -OCH3 is 1. The SMILES string of the molecule is COc1cc(C)nc(NS(=O)(=O)c2nc3nc(-c4ccccc4)cc(C)n3n2)n1. The molecule has 3 heterocycles. The predicted octanol–water partition coefficient (Wildman–Crippen LogP) is 2.01. The van der Waals surface area contributed by atoms with Crippen molar-refractivity contribution >= 4 is 21.7 Å². The summed E-state index contributed by atoms with van der Waals surface area (Å²) in [6.45, 7) is 3.50. The largest absolute Gasteiger partial charge is 0.481 e. The molecule has 0 fully saturated rings. The summed E-state index contributed by atoms with van der Waals surface area (Å²) in [5, 5.41) is 3.66. The van der Waals surface area contributed by atoms with Crippen molar-refractivity contribution in [3.63, 3.8) is 0 Å². The average molecular weight is 411 g/mol. The molecule has 11 heteroatoms. The van der Waals surface area contributed by atoms with E-state index >= 15 is 0 Å². The zero-order valence-corrected chi connectivity index (χ0v) is 16.7. The summed E-state index contributed by atoms with van der Waals surface area (Å²) in [6, 6.07) is 12.9. The molecule has 10 nitrogen and oxygen atoms in total. The van der Waals surface area contributed by atoms with Crippen molar-refractivity contribution in [2.24, 2.45) is 0 Å². The van der Waals surface area contributed by atoms with Gasteiger partial charge < -0.3 is 4.74 Å². The Morgan fingerprint density at radius 2 is 1.76 bits per heavy atom. The number of fused-ring (bicyclic) bond motifs is 1. The van der Waals surface area contributed by atoms with Crippen LogP contribution in [0.1, 0.15) is 11.4 Å². The highest BCUT2D eigenvalue weighted by atomic mass is 32.2. The molecule has 0 saturated heterocycles. The molecule has 0 radical (unpaired) electrons. The Balaban J connectivity index is 1.74. The molecule has 0 aliphatic carbocycles. The van der Waals surface area contributed by atoms with E-state index in [0.717, 1.165) is 5.56 Å². The lowest BCUT2D eigenvalue weighted by Gasteiger charge is -2.06. The van der Waals surface area contributed by atoms with Gasteiger partial charge in [0.05, 0.1) is 12.8 Å². The van der Waals surface area contributed by atoms with Crippen molar-refractivity contribution in [3.8, 4) is 17.1 Å². The number of nitrogens with zero attached hydrogens (tertiary/aromatic N) is 6. The Hall–Kier alpha value is -3.60. The van der Waals surface area contributed by atoms with Crippen LogP contribution in [0.4, 0.5) is 5.95 Å². The smallest absolute Gasteiger partial charge is 0.301 e. The molecule has 4 rings (SSSR count). The van der Waals surface area contributed by atoms with Gasteiger partial charge in [0, 0.05) is 23.0 Å². The minimum Gasteiger partial charge on any atom is -0.481 e. The zero-order chi connectivity index (χ0) is 20.6. The Morgan fingerprint density at radius 1 is 1.00 bits per heavy atom. The van der Waals surface area contributed by atoms with Gasteiger partial charge in [0.2, 0.25) is 11.8 Å². The van der Waals surface area contributed by atoms with Crippen LogP contribution in [0, 0.1) is 13.8 Å². The molecule has 0 saturated carbocycles. The number of anilines is 1. The Labute approximate surface area is 166 Å². The zero-order valence-electron chi connectivity index (χ0n) is 15.9. The fraction of sp³-hybridized carbons (Fsp3) is 0.167. The van der Waals surface area contributed by atoms with E-state index in [2.05, 4.69) is 29.8 Å². The van der Waals surface area contributed by atoms with E-state index in [4.69, 9.17) is 4.74 Å². The molecule has 0 amide bonds. The summed E-state index contributed by atoms with van der Waals surface area (Å²) >= 11 is 0. The molecule has 3 aromatic heterocycles. The molecule has 0 unspecified atom stereocenters. The molecule has 29 heavy (non-hydrogen) atoms. The van der Waals surface area contributed by atoms with Gasteiger partial charge in [0.15, 0.2) is 0 Å². The average Bonchev–Trinajstić information content (AvgIpc) is 3.14. The lowest BCUT2D eigenvalue weighted by atomic mass is 10.1. The van der Waals surface area contributed by atoms with Crippen LogP contribution in [0.3, 0.4) is 0 Å². The quantitative estimate of drug-likeness (QED) is 0.529. The normalized spacial score (nSPS) is 11.6. The van der Waals surface area contributed by atoms with E-state index in [9.17, 15) is 8.42 Å². The molecule has 0 aliphatic rings. The van der Waals surface area contributed by atoms with E-state index in [-0.39, 0.29) is 17.6 Å². The van der Waals surface area contributed by atoms with Crippen LogP contribution < -0.4 is 9.46 Å². The minimum absolute atomic E-state index is 0.129. The van der Waals surface area contributed by atoms with E-state index in [1.807, 2.05) is 36.4 Å². The van der Waals surface area contributed by atoms with E-state index in [1.54, 1.807) is 19.9 Å². The van der Waals surface area contributed by atoms with Crippen molar-refractivity contribution < 1.29 is 13.2 Å². The van der Waals surface area contributed by atoms with Crippen LogP contribution in [0.15, 0.2) is 47.6 Å². The van der Waals surface area contributed by atoms with Crippen LogP contribution in [0.2, 0.25) is 0 Å². The van der Waals surface area contributed by atoms with Crippen LogP contribution >= 0.6 is 0 Å². The monoisotopic (exact) mass is 411 g/mol. The fourth-order valence-corrected chi connectivity index (χ4v) is 3.53. The standard InChI is InChI=1S/C18H17N7O3S/c1-11-9-15(28-3)21-16(19-11)24-29(26,27)18-22-17-20-14(10-12(2)25(17)23-18)13-7-5-4-6-8-13/h4-10H,1-3H3,(H,19,21,24). The third-order valence-electron chi connectivity index (χ3n) is 4.05. The second-order valence-corrected chi connectivity index (χ2v) is 7.81. The summed E-state index contributed by atoms with van der Waals surface area (Å²) in [5.41, 5.74) is 2.80. The number of hydrogen-bond donors (Lipinski definition) is 1. The first kappa shape index (κ1) is 18.7. The molecule has 148 valence electrons. The minimum atomic E-state index is -4.12. The van der Waals surface area contributed by atoms with Gasteiger partial charge in [-0.1, -0.05) is 30.3 Å². The highest BCUT2D eigenvalue weighted by Crippen LogP contribution is 2.20. The van der Waals surface area contributed by atoms with Crippen LogP contribution in [-0.2, 0) is 10.0 Å². The number of hydrogen-bond acceptors (Lipinski definition) is 8. The molecule has 1 N–H and O–H groups in total. The van der Waals surface area contributed by atoms with Gasteiger partial charge in [-0.15, -0.1) is 5.10 Å². The third-order valence-corrected chi connectivity index (χ3v) is 5.15. The Kier molecular flexibility index (Phi) is 4.59. The van der Waals surface area contributed by atoms with Gasteiger partial charge in [-0.2, -0.15) is 18.4 Å². The number of sulfonamides is 1. The molecule has 4 aromatic rings. The van der Waals surface area contributed by atoms with Gasteiger partial charge in [-0.3, -0.25) is 0 Å². The number of aromatic nitrogens is 6. The lowest BCUT2D eigenvalue weighted by Crippen LogP contribution is -2.17. The summed E-state index contributed by atoms with van der Waals surface area (Å²) in [5.74, 6) is 0.283. The van der Waals surface area contributed by atoms with Crippen LogP contribution in [-0.4, -0.2) is 45.1 Å². The Bertz CT molecular complexity index is 1300. The highest BCUT2D eigenvalue weighted by Gasteiger charge is 2.23. The maximum absolute atomic E-state index is 12.8. The maximum atomic E-state index is 12.8. The fourth-order valence-electron chi connectivity index (χ4n) is 2.72. The predicted molar refractivity (Wildman–Crippen MR) is 105 cm³/mol. The first-order valence-electron chi connectivity index (χ1n) is 8.58. The second kappa shape index (κ2) is 7.09. The number of ether oxygens (including phenoxy) is 1. The third kappa shape index (κ3) is 3.72. The lowest BCUT2D eigenvalue weighted by molar-refractivity contribution is 0.397. The van der Waals surface area contributed by atoms with Crippen molar-refractivity contribution in [1.29, 1.82) is 0 Å². The summed E-state index contributed by atoms with van der Waals surface area (Å²) in [4.78, 5) is 16.6. The van der Waals surface area contributed by atoms with Gasteiger partial charge in [0.25, 0.3) is 10.9 Å². The molecular formula is C18H17N7O3S. The molecule has 0 atom stereocenters. The second-order valence-electron chi connectivity index (χ2n) is 6.24. The summed E-state index contributed by atoms with van der Waals surface area (Å²) in [6.07, 6.45) is 0. The van der Waals surface area contributed by atoms with Crippen molar-refractivity contribution in [2.45, 2.75) is 19.0 Å². The van der Waals surface area contributed by atoms with Gasteiger partial charge >= 0.3 is 10.0 Å². The topological polar surface area (TPSA) is 124 Å². The maximum Gasteiger partial charge on any atom is 0.301 e. The van der Waals surface area contributed by atoms with Gasteiger partial charge in [0.1, 0.15) is 0 Å². The summed E-state index contributed by atoms with van der Waals surface area (Å²) < 4.78 is 34.2. The van der Waals surface area contributed by atoms with E-state index < -0.39 is 15.2 Å². The molecule has 0 spiro atoms. The molecule has 0 bridgehead atoms. The Morgan fingerprint density at radius 3 is 2.48 bits per heavy atom. The summed E-state index contributed by atoms with van der Waals surface area (Å²) in [7, 11) is -2.69. The van der Waals surface area contributed by atoms with Crippen LogP contribution in [0.25, 0.3) is 17.0 Å². The number of aryl methyl sites for hydroxylation is 2. The van der Waals surface area contributed by atoms with Gasteiger partial charge in [-0.05, 0) is 19.9 Å². The number of nitrogens with one attached hydrogen (secondary N) is 1. The van der Waals surface area contributed by atoms with Crippen molar-refractivity contribution in [2.75, 3.05) is 11.8 Å². The first-order chi connectivity index (χ1) is 13.9. The van der Waals surface area contributed by atoms with Gasteiger partial charge in [-0.25, -0.2) is 19.2 Å². The number of rotatable bonds is 5. The molecule has 1 aromatic carbocycles. The molecule has 0 aliphatic heterocycles. The van der Waals surface area contributed by atoms with E-state index in [0.29, 0.717) is 17.1 Å². The highest BCUT2D eigenvalue weighted by molar-refractivity contribution is 7.92.